The summed E-state index contributed by atoms with van der Waals surface area (Å²) in [6, 6.07) is -10.9. The summed E-state index contributed by atoms with van der Waals surface area (Å²) < 4.78 is 102. The van der Waals surface area contributed by atoms with E-state index in [1.165, 1.54) is 76.0 Å². The molecule has 3 aliphatic heterocycles. The molecule has 3 N–H and O–H groups in total. The topological polar surface area (TPSA) is 270 Å². The quantitative estimate of drug-likeness (QED) is 0.183. The summed E-state index contributed by atoms with van der Waals surface area (Å²) in [6.07, 6.45) is -7.54. The molecular formula is C71H109F7N12O12. The Morgan fingerprint density at radius 3 is 1.84 bits per heavy atom. The number of hydrogen-bond acceptors (Lipinski definition) is 12. The summed E-state index contributed by atoms with van der Waals surface area (Å²) in [6.45, 7) is 5.21. The van der Waals surface area contributed by atoms with Crippen molar-refractivity contribution < 1.29 is 88.3 Å². The van der Waals surface area contributed by atoms with E-state index < -0.39 is 236 Å². The molecule has 0 aromatic rings. The predicted molar refractivity (Wildman–Crippen MR) is 361 cm³/mol. The van der Waals surface area contributed by atoms with Gasteiger partial charge in [-0.15, -0.1) is 0 Å². The second-order valence-corrected chi connectivity index (χ2v) is 30.5. The Hall–Kier alpha value is -7.11. The van der Waals surface area contributed by atoms with Crippen LogP contribution in [0.5, 0.6) is 0 Å². The normalized spacial score (nSPS) is 32.2. The van der Waals surface area contributed by atoms with E-state index in [1.54, 1.807) is 39.8 Å². The fraction of sp³-hybridized carbons (Fsp3) is 0.803. The van der Waals surface area contributed by atoms with Gasteiger partial charge in [-0.05, 0) is 132 Å². The van der Waals surface area contributed by atoms with Gasteiger partial charge in [0.25, 0.3) is 0 Å². The van der Waals surface area contributed by atoms with Crippen LogP contribution in [-0.4, -0.2) is 276 Å². The molecule has 3 heterocycles. The van der Waals surface area contributed by atoms with Crippen molar-refractivity contribution in [1.29, 1.82) is 0 Å². The molecule has 2 saturated heterocycles. The lowest BCUT2D eigenvalue weighted by molar-refractivity contribution is -0.219. The highest BCUT2D eigenvalue weighted by atomic mass is 19.4. The highest BCUT2D eigenvalue weighted by Crippen LogP contribution is 2.45. The maximum absolute atomic E-state index is 15.4. The molecule has 2 unspecified atom stereocenters. The van der Waals surface area contributed by atoms with Crippen LogP contribution in [0.2, 0.25) is 0 Å². The second-order valence-electron chi connectivity index (χ2n) is 30.5. The molecule has 0 radical (unpaired) electrons. The van der Waals surface area contributed by atoms with Gasteiger partial charge in [-0.25, -0.2) is 17.6 Å². The van der Waals surface area contributed by atoms with Crippen LogP contribution in [0.1, 0.15) is 169 Å². The van der Waals surface area contributed by atoms with E-state index in [2.05, 4.69) is 16.0 Å². The molecule has 6 fully saturated rings. The van der Waals surface area contributed by atoms with Gasteiger partial charge >= 0.3 is 6.18 Å². The molecule has 7 aliphatic rings. The Kier molecular flexibility index (Phi) is 27.9. The van der Waals surface area contributed by atoms with Gasteiger partial charge in [-0.2, -0.15) is 13.2 Å². The SMILES string of the molecule is CC[C@H](C)[C@@H]1NC(=O)[C@H](CC)N(C)C(=O)C[C@@H](C(=O)N(C)C)N(C)C(=O)[C@H](C2CCCC2)N(C)C(=O)C2(CCC2)NC(=O)[C@@H]2C[C@H](C)CN2C(=O)[C@H](CCC2CC(F)C(C(F)(F)F)C(F)C2)NC(=O)CN(C)C(=O)[C@H](CC2CCC(F)(F)CC2)N2CC/C=C\C[C@@H](C2=O)N(C)C(=O)CN(C)C1=O. The molecule has 12 amide bonds. The summed E-state index contributed by atoms with van der Waals surface area (Å²) in [5, 5.41) is 8.39. The largest absolute Gasteiger partial charge is 0.397 e. The van der Waals surface area contributed by atoms with E-state index in [4.69, 9.17) is 0 Å². The van der Waals surface area contributed by atoms with Crippen LogP contribution >= 0.6 is 0 Å². The maximum atomic E-state index is 15.4. The highest BCUT2D eigenvalue weighted by molar-refractivity contribution is 6.01. The standard InChI is InChI=1S/C71H109F7N12O12/c1-13-42(4)58-66(100)84(8)40-56(93)86(10)50-23-16-15-19-32-89(65(50)99)53(36-43-26-30-70(74,75)31-27-43)64(98)83(7)39-54(91)79-48(25-24-44-34-46(72)57(47(73)35-44)71(76,77)78)62(96)90-38-41(3)33-51(90)61(95)81-69(28-20-29-69)68(102)88(12)59(45-21-17-18-22-45)67(101)87(11)52(63(97)82(5)6)37-55(92)85(9)49(14-2)60(94)80-58/h15-16,41-53,57-59H,13-14,17-40H2,1-12H3,(H,79,91)(H,80,94)(H,81,95)/b16-15-/t41-,42-,44?,46?,47?,48-,49-,50-,51-,52-,53-,57?,58-,59-/m0/s1. The predicted octanol–water partition coefficient (Wildman–Crippen LogP) is 5.40. The fourth-order valence-electron chi connectivity index (χ4n) is 16.3. The van der Waals surface area contributed by atoms with Crippen LogP contribution < -0.4 is 16.0 Å². The zero-order valence-electron chi connectivity index (χ0n) is 61.3. The van der Waals surface area contributed by atoms with Gasteiger partial charge in [-0.1, -0.05) is 59.1 Å². The van der Waals surface area contributed by atoms with Gasteiger partial charge in [0, 0.05) is 82.3 Å². The van der Waals surface area contributed by atoms with Gasteiger partial charge in [-0.3, -0.25) is 57.5 Å². The van der Waals surface area contributed by atoms with Gasteiger partial charge in [0.2, 0.25) is 76.8 Å². The molecule has 2 bridgehead atoms. The lowest BCUT2D eigenvalue weighted by atomic mass is 9.74. The van der Waals surface area contributed by atoms with Crippen molar-refractivity contribution in [2.75, 3.05) is 82.6 Å². The number of nitrogens with one attached hydrogen (secondary N) is 3. The van der Waals surface area contributed by atoms with Gasteiger partial charge in [0.05, 0.1) is 19.5 Å². The monoisotopic (exact) mass is 1450 g/mol. The van der Waals surface area contributed by atoms with E-state index in [0.717, 1.165) is 24.5 Å². The number of carbonyl (C=O) groups excluding carboxylic acids is 12. The first kappa shape index (κ1) is 82.2. The summed E-state index contributed by atoms with van der Waals surface area (Å²) in [4.78, 5) is 189. The minimum Gasteiger partial charge on any atom is -0.347 e. The van der Waals surface area contributed by atoms with Crippen molar-refractivity contribution in [3.63, 3.8) is 0 Å². The van der Waals surface area contributed by atoms with E-state index in [9.17, 15) is 50.7 Å². The first-order valence-corrected chi connectivity index (χ1v) is 36.4. The van der Waals surface area contributed by atoms with Crippen LogP contribution in [0.4, 0.5) is 30.7 Å². The molecule has 4 aliphatic carbocycles. The summed E-state index contributed by atoms with van der Waals surface area (Å²) in [5.41, 5.74) is -1.63. The Balaban J connectivity index is 1.29. The molecule has 1 spiro atoms. The lowest BCUT2D eigenvalue weighted by Gasteiger charge is -2.46. The van der Waals surface area contributed by atoms with E-state index in [-0.39, 0.29) is 77.3 Å². The number of rotatable bonds is 10. The molecule has 0 aromatic carbocycles. The minimum absolute atomic E-state index is 0.0146. The number of nitrogens with zero attached hydrogens (tertiary/aromatic N) is 9. The smallest absolute Gasteiger partial charge is 0.347 e. The Labute approximate surface area is 594 Å². The molecule has 574 valence electrons. The van der Waals surface area contributed by atoms with Crippen molar-refractivity contribution in [1.82, 2.24) is 60.0 Å². The van der Waals surface area contributed by atoms with Crippen molar-refractivity contribution in [3.05, 3.63) is 12.2 Å². The Morgan fingerprint density at radius 2 is 1.27 bits per heavy atom. The minimum atomic E-state index is -5.19. The average molecular weight is 1460 g/mol. The molecule has 31 heteroatoms. The van der Waals surface area contributed by atoms with E-state index in [1.807, 2.05) is 0 Å². The van der Waals surface area contributed by atoms with Crippen molar-refractivity contribution in [3.8, 4) is 0 Å². The van der Waals surface area contributed by atoms with Crippen LogP contribution in [-0.2, 0) is 57.5 Å². The molecule has 24 nitrogen and oxygen atoms in total. The molecule has 102 heavy (non-hydrogen) atoms. The van der Waals surface area contributed by atoms with Crippen LogP contribution in [0.3, 0.4) is 0 Å². The summed E-state index contributed by atoms with van der Waals surface area (Å²) >= 11 is 0. The van der Waals surface area contributed by atoms with Crippen molar-refractivity contribution in [2.45, 2.75) is 247 Å². The van der Waals surface area contributed by atoms with E-state index >= 15 is 37.5 Å². The third-order valence-electron chi connectivity index (χ3n) is 23.0. The molecule has 4 saturated carbocycles. The van der Waals surface area contributed by atoms with Crippen molar-refractivity contribution >= 4 is 70.9 Å². The Bertz CT molecular complexity index is 3080. The zero-order valence-corrected chi connectivity index (χ0v) is 61.3. The Morgan fingerprint density at radius 1 is 0.657 bits per heavy atom. The summed E-state index contributed by atoms with van der Waals surface area (Å²) in [7, 11) is 10.9. The zero-order chi connectivity index (χ0) is 75.8. The van der Waals surface area contributed by atoms with Gasteiger partial charge in [0.1, 0.15) is 72.1 Å². The number of alkyl halides is 7. The van der Waals surface area contributed by atoms with Gasteiger partial charge < -0.3 is 60.0 Å². The average Bonchev–Trinajstić information content (AvgIpc) is 1.58. The highest BCUT2D eigenvalue weighted by Gasteiger charge is 2.56. The van der Waals surface area contributed by atoms with Crippen LogP contribution in [0.15, 0.2) is 12.2 Å². The number of likely N-dealkylation sites (N-methyl/N-ethyl adjacent to an activating group) is 7. The fourth-order valence-corrected chi connectivity index (χ4v) is 16.3. The van der Waals surface area contributed by atoms with Crippen molar-refractivity contribution in [2.24, 2.45) is 35.5 Å². The number of halogens is 7. The van der Waals surface area contributed by atoms with Gasteiger partial charge in [0.15, 0.2) is 0 Å². The van der Waals surface area contributed by atoms with Crippen LogP contribution in [0.25, 0.3) is 0 Å². The third-order valence-corrected chi connectivity index (χ3v) is 23.0. The van der Waals surface area contributed by atoms with Crippen LogP contribution in [0, 0.1) is 35.5 Å². The maximum Gasteiger partial charge on any atom is 0.397 e. The number of fused-ring (bicyclic) bond motifs is 3. The van der Waals surface area contributed by atoms with E-state index in [0.29, 0.717) is 38.5 Å². The number of carbonyl (C=O) groups is 12. The first-order valence-electron chi connectivity index (χ1n) is 36.4. The molecular weight excluding hydrogens is 1350 g/mol. The number of amides is 12. The third kappa shape index (κ3) is 19.2. The summed E-state index contributed by atoms with van der Waals surface area (Å²) in [5.74, 6) is -18.0. The lowest BCUT2D eigenvalue weighted by Crippen LogP contribution is -2.68. The molecule has 12 atom stereocenters. The second kappa shape index (κ2) is 34.7. The molecule has 7 rings (SSSR count). The molecule has 0 aromatic heterocycles. The first-order chi connectivity index (χ1) is 47.8. The number of hydrogen-bond donors (Lipinski definition) is 3.